The molecule has 0 aromatic rings. The zero-order valence-electron chi connectivity index (χ0n) is 10.8. The molecule has 0 aliphatic heterocycles. The maximum atomic E-state index is 11.0. The molecular formula is C14H25NO2. The molecule has 17 heavy (non-hydrogen) atoms. The predicted molar refractivity (Wildman–Crippen MR) is 67.9 cm³/mol. The molecule has 0 aromatic heterocycles. The van der Waals surface area contributed by atoms with Crippen LogP contribution in [0.3, 0.4) is 0 Å². The van der Waals surface area contributed by atoms with E-state index in [0.29, 0.717) is 12.1 Å². The van der Waals surface area contributed by atoms with Crippen LogP contribution in [0.4, 0.5) is 0 Å². The zero-order chi connectivity index (χ0) is 12.3. The van der Waals surface area contributed by atoms with Crippen LogP contribution in [0.2, 0.25) is 0 Å². The molecule has 0 spiro atoms. The van der Waals surface area contributed by atoms with Crippen LogP contribution in [0, 0.1) is 11.8 Å². The molecule has 2 aliphatic carbocycles. The Hall–Kier alpha value is -0.570. The summed E-state index contributed by atoms with van der Waals surface area (Å²) >= 11 is 0. The highest BCUT2D eigenvalue weighted by molar-refractivity contribution is 5.70. The lowest BCUT2D eigenvalue weighted by molar-refractivity contribution is -0.143. The van der Waals surface area contributed by atoms with Crippen LogP contribution < -0.4 is 5.32 Å². The van der Waals surface area contributed by atoms with E-state index in [4.69, 9.17) is 5.11 Å². The van der Waals surface area contributed by atoms with Crippen LogP contribution in [-0.2, 0) is 4.79 Å². The van der Waals surface area contributed by atoms with Crippen molar-refractivity contribution in [2.75, 3.05) is 0 Å². The standard InChI is InChI=1S/C14H25NO2/c1-10(8-11-4-2-5-11)15-13-7-3-6-12(9-13)14(16)17/h10-13,15H,2-9H2,1H3,(H,16,17). The van der Waals surface area contributed by atoms with Crippen molar-refractivity contribution in [3.05, 3.63) is 0 Å². The van der Waals surface area contributed by atoms with Gasteiger partial charge in [0.05, 0.1) is 5.92 Å². The Kier molecular flexibility index (Phi) is 4.43. The Morgan fingerprint density at radius 3 is 2.59 bits per heavy atom. The summed E-state index contributed by atoms with van der Waals surface area (Å²) in [5.74, 6) is 0.205. The van der Waals surface area contributed by atoms with E-state index in [9.17, 15) is 4.79 Å². The Morgan fingerprint density at radius 1 is 1.29 bits per heavy atom. The Morgan fingerprint density at radius 2 is 2.00 bits per heavy atom. The molecule has 0 amide bonds. The van der Waals surface area contributed by atoms with Crippen LogP contribution in [-0.4, -0.2) is 23.2 Å². The third kappa shape index (κ3) is 3.70. The summed E-state index contributed by atoms with van der Waals surface area (Å²) in [6, 6.07) is 0.984. The summed E-state index contributed by atoms with van der Waals surface area (Å²) in [7, 11) is 0. The van der Waals surface area contributed by atoms with Crippen molar-refractivity contribution in [2.45, 2.75) is 70.4 Å². The smallest absolute Gasteiger partial charge is 0.306 e. The lowest BCUT2D eigenvalue weighted by Gasteiger charge is -2.33. The number of carboxylic acids is 1. The van der Waals surface area contributed by atoms with Gasteiger partial charge in [0.25, 0.3) is 0 Å². The van der Waals surface area contributed by atoms with Crippen LogP contribution in [0.5, 0.6) is 0 Å². The average molecular weight is 239 g/mol. The third-order valence-electron chi connectivity index (χ3n) is 4.46. The van der Waals surface area contributed by atoms with E-state index < -0.39 is 5.97 Å². The van der Waals surface area contributed by atoms with E-state index in [2.05, 4.69) is 12.2 Å². The predicted octanol–water partition coefficient (Wildman–Crippen LogP) is 2.80. The Bertz CT molecular complexity index is 263. The van der Waals surface area contributed by atoms with E-state index in [0.717, 1.165) is 31.6 Å². The fraction of sp³-hybridized carbons (Fsp3) is 0.929. The lowest BCUT2D eigenvalue weighted by atomic mass is 9.80. The Labute approximate surface area is 104 Å². The molecule has 98 valence electrons. The molecule has 2 aliphatic rings. The van der Waals surface area contributed by atoms with Crippen molar-refractivity contribution < 1.29 is 9.90 Å². The van der Waals surface area contributed by atoms with Gasteiger partial charge in [-0.25, -0.2) is 0 Å². The number of rotatable bonds is 5. The second-order valence-corrected chi connectivity index (χ2v) is 6.00. The van der Waals surface area contributed by atoms with Gasteiger partial charge in [-0.05, 0) is 38.5 Å². The summed E-state index contributed by atoms with van der Waals surface area (Å²) in [5, 5.41) is 12.7. The van der Waals surface area contributed by atoms with Gasteiger partial charge < -0.3 is 10.4 Å². The van der Waals surface area contributed by atoms with Gasteiger partial charge in [-0.3, -0.25) is 4.79 Å². The van der Waals surface area contributed by atoms with Gasteiger partial charge in [0.1, 0.15) is 0 Å². The fourth-order valence-corrected chi connectivity index (χ4v) is 3.26. The number of hydrogen-bond acceptors (Lipinski definition) is 2. The monoisotopic (exact) mass is 239 g/mol. The molecule has 2 rings (SSSR count). The van der Waals surface area contributed by atoms with Gasteiger partial charge in [-0.15, -0.1) is 0 Å². The van der Waals surface area contributed by atoms with E-state index in [1.807, 2.05) is 0 Å². The maximum Gasteiger partial charge on any atom is 0.306 e. The van der Waals surface area contributed by atoms with Crippen molar-refractivity contribution in [3.8, 4) is 0 Å². The van der Waals surface area contributed by atoms with Gasteiger partial charge in [-0.1, -0.05) is 25.7 Å². The van der Waals surface area contributed by atoms with Crippen molar-refractivity contribution in [1.82, 2.24) is 5.32 Å². The molecule has 0 bridgehead atoms. The van der Waals surface area contributed by atoms with Crippen molar-refractivity contribution in [3.63, 3.8) is 0 Å². The summed E-state index contributed by atoms with van der Waals surface area (Å²) < 4.78 is 0. The van der Waals surface area contributed by atoms with E-state index in [1.54, 1.807) is 0 Å². The molecule has 0 aromatic carbocycles. The van der Waals surface area contributed by atoms with Crippen LogP contribution in [0.15, 0.2) is 0 Å². The highest BCUT2D eigenvalue weighted by Crippen LogP contribution is 2.31. The molecule has 0 heterocycles. The quantitative estimate of drug-likeness (QED) is 0.775. The van der Waals surface area contributed by atoms with E-state index in [1.165, 1.54) is 25.7 Å². The van der Waals surface area contributed by atoms with E-state index in [-0.39, 0.29) is 5.92 Å². The average Bonchev–Trinajstić information content (AvgIpc) is 2.24. The van der Waals surface area contributed by atoms with Crippen molar-refractivity contribution in [2.24, 2.45) is 11.8 Å². The highest BCUT2D eigenvalue weighted by Gasteiger charge is 2.28. The molecule has 3 heteroatoms. The number of aliphatic carboxylic acids is 1. The minimum Gasteiger partial charge on any atom is -0.481 e. The summed E-state index contributed by atoms with van der Waals surface area (Å²) in [6.07, 6.45) is 9.37. The number of nitrogens with one attached hydrogen (secondary N) is 1. The van der Waals surface area contributed by atoms with Gasteiger partial charge in [0, 0.05) is 12.1 Å². The first-order valence-electron chi connectivity index (χ1n) is 7.14. The Balaban J connectivity index is 1.71. The normalized spacial score (nSPS) is 31.8. The minimum absolute atomic E-state index is 0.114. The molecule has 2 fully saturated rings. The largest absolute Gasteiger partial charge is 0.481 e. The van der Waals surface area contributed by atoms with Gasteiger partial charge in [0.15, 0.2) is 0 Å². The first kappa shape index (κ1) is 12.9. The molecule has 3 unspecified atom stereocenters. The second-order valence-electron chi connectivity index (χ2n) is 6.00. The molecular weight excluding hydrogens is 214 g/mol. The van der Waals surface area contributed by atoms with Crippen LogP contribution >= 0.6 is 0 Å². The lowest BCUT2D eigenvalue weighted by Crippen LogP contribution is -2.42. The van der Waals surface area contributed by atoms with Crippen LogP contribution in [0.25, 0.3) is 0 Å². The van der Waals surface area contributed by atoms with E-state index >= 15 is 0 Å². The number of carbonyl (C=O) groups is 1. The highest BCUT2D eigenvalue weighted by atomic mass is 16.4. The minimum atomic E-state index is -0.608. The number of carboxylic acid groups (broad SMARTS) is 1. The number of hydrogen-bond donors (Lipinski definition) is 2. The molecule has 3 atom stereocenters. The molecule has 2 saturated carbocycles. The fourth-order valence-electron chi connectivity index (χ4n) is 3.26. The van der Waals surface area contributed by atoms with Gasteiger partial charge in [-0.2, -0.15) is 0 Å². The molecule has 0 saturated heterocycles. The first-order chi connectivity index (χ1) is 8.15. The SMILES string of the molecule is CC(CC1CCC1)NC1CCCC(C(=O)O)C1. The summed E-state index contributed by atoms with van der Waals surface area (Å²) in [4.78, 5) is 11.0. The molecule has 2 N–H and O–H groups in total. The topological polar surface area (TPSA) is 49.3 Å². The van der Waals surface area contributed by atoms with Crippen LogP contribution in [0.1, 0.15) is 58.3 Å². The van der Waals surface area contributed by atoms with Crippen molar-refractivity contribution >= 4 is 5.97 Å². The summed E-state index contributed by atoms with van der Waals surface area (Å²) in [5.41, 5.74) is 0. The first-order valence-corrected chi connectivity index (χ1v) is 7.14. The second kappa shape index (κ2) is 5.85. The van der Waals surface area contributed by atoms with Gasteiger partial charge >= 0.3 is 5.97 Å². The molecule has 3 nitrogen and oxygen atoms in total. The molecule has 0 radical (unpaired) electrons. The zero-order valence-corrected chi connectivity index (χ0v) is 10.8. The maximum absolute atomic E-state index is 11.0. The van der Waals surface area contributed by atoms with Gasteiger partial charge in [0.2, 0.25) is 0 Å². The van der Waals surface area contributed by atoms with Crippen molar-refractivity contribution in [1.29, 1.82) is 0 Å². The third-order valence-corrected chi connectivity index (χ3v) is 4.46. The summed E-state index contributed by atoms with van der Waals surface area (Å²) in [6.45, 7) is 2.25.